The number of hydrogen-bond acceptors (Lipinski definition) is 3. The molecular weight excluding hydrogens is 125 g/mol. The van der Waals surface area contributed by atoms with Crippen LogP contribution in [0.3, 0.4) is 0 Å². The van der Waals surface area contributed by atoms with Gasteiger partial charge in [0.05, 0.1) is 6.61 Å². The van der Waals surface area contributed by atoms with Crippen LogP contribution in [-0.2, 0) is 9.53 Å². The van der Waals surface area contributed by atoms with Crippen molar-refractivity contribution in [2.45, 2.75) is 19.9 Å². The second kappa shape index (κ2) is 4.26. The number of ether oxygens (including phenoxy) is 1. The molecule has 0 radical (unpaired) electrons. The normalized spacial score (nSPS) is 12.8. The topological polar surface area (TPSA) is 38.3 Å². The smallest absolute Gasteiger partial charge is 0.325 e. The first kappa shape index (κ1) is 8.36. The van der Waals surface area contributed by atoms with Crippen molar-refractivity contribution in [1.29, 1.82) is 0 Å². The van der Waals surface area contributed by atoms with Crippen LogP contribution in [0.1, 0.15) is 13.8 Å². The zero-order chi connectivity index (χ0) is 7.28. The molecule has 54 valence electrons. The predicted octanol–water partition coefficient (Wildman–Crippen LogP) is 0.412. The van der Waals surface area contributed by atoms with Crippen LogP contribution in [-0.4, -0.2) is 18.6 Å². The Labute approximate surface area is 53.1 Å². The molecule has 0 saturated heterocycles. The third-order valence-corrected chi connectivity index (χ3v) is 0.804. The lowest BCUT2D eigenvalue weighted by Crippen LogP contribution is -2.29. The van der Waals surface area contributed by atoms with E-state index in [1.165, 1.54) is 12.5 Å². The van der Waals surface area contributed by atoms with E-state index in [9.17, 15) is 9.28 Å². The molecule has 1 unspecified atom stereocenters. The molecule has 0 aromatic rings. The molecule has 0 bridgehead atoms. The third-order valence-electron chi connectivity index (χ3n) is 0.804. The SMILES string of the molecule is CCOC(=O)C(C)NF. The molecule has 0 aromatic carbocycles. The van der Waals surface area contributed by atoms with Gasteiger partial charge in [-0.3, -0.25) is 4.79 Å². The predicted molar refractivity (Wildman–Crippen MR) is 30.3 cm³/mol. The number of nitrogens with one attached hydrogen (secondary N) is 1. The standard InChI is InChI=1S/C5H10FNO2/c1-3-9-5(8)4(2)7-6/h4,7H,3H2,1-2H3. The molecule has 0 aromatic heterocycles. The fourth-order valence-corrected chi connectivity index (χ4v) is 0.312. The Bertz CT molecular complexity index is 97.0. The maximum atomic E-state index is 11.4. The lowest BCUT2D eigenvalue weighted by atomic mass is 10.4. The van der Waals surface area contributed by atoms with Gasteiger partial charge in [0, 0.05) is 0 Å². The molecule has 3 nitrogen and oxygen atoms in total. The fourth-order valence-electron chi connectivity index (χ4n) is 0.312. The summed E-state index contributed by atoms with van der Waals surface area (Å²) < 4.78 is 15.9. The Morgan fingerprint density at radius 1 is 1.89 bits per heavy atom. The summed E-state index contributed by atoms with van der Waals surface area (Å²) in [5.74, 6) is -0.569. The van der Waals surface area contributed by atoms with Gasteiger partial charge in [-0.2, -0.15) is 0 Å². The van der Waals surface area contributed by atoms with E-state index in [4.69, 9.17) is 0 Å². The Hall–Kier alpha value is -0.640. The van der Waals surface area contributed by atoms with Crippen LogP contribution in [0.25, 0.3) is 0 Å². The highest BCUT2D eigenvalue weighted by molar-refractivity contribution is 5.74. The number of rotatable bonds is 3. The largest absolute Gasteiger partial charge is 0.465 e. The molecule has 0 aliphatic heterocycles. The van der Waals surface area contributed by atoms with Crippen LogP contribution >= 0.6 is 0 Å². The molecule has 1 atom stereocenters. The maximum absolute atomic E-state index is 11.4. The van der Waals surface area contributed by atoms with Crippen LogP contribution in [0.15, 0.2) is 0 Å². The van der Waals surface area contributed by atoms with Crippen LogP contribution in [0, 0.1) is 0 Å². The fraction of sp³-hybridized carbons (Fsp3) is 0.800. The third kappa shape index (κ3) is 3.03. The minimum absolute atomic E-state index is 0.283. The molecule has 0 fully saturated rings. The van der Waals surface area contributed by atoms with Gasteiger partial charge in [0.2, 0.25) is 0 Å². The van der Waals surface area contributed by atoms with E-state index in [0.717, 1.165) is 0 Å². The van der Waals surface area contributed by atoms with E-state index in [1.54, 1.807) is 6.92 Å². The Balaban J connectivity index is 3.46. The van der Waals surface area contributed by atoms with Crippen molar-refractivity contribution in [3.8, 4) is 0 Å². The van der Waals surface area contributed by atoms with Crippen molar-refractivity contribution in [1.82, 2.24) is 5.54 Å². The van der Waals surface area contributed by atoms with E-state index in [2.05, 4.69) is 4.74 Å². The first-order valence-corrected chi connectivity index (χ1v) is 2.75. The minimum Gasteiger partial charge on any atom is -0.465 e. The molecule has 1 N–H and O–H groups in total. The number of carbonyl (C=O) groups is 1. The summed E-state index contributed by atoms with van der Waals surface area (Å²) in [5, 5.41) is 0. The van der Waals surface area contributed by atoms with Gasteiger partial charge in [-0.05, 0) is 13.8 Å². The van der Waals surface area contributed by atoms with Crippen molar-refractivity contribution in [2.75, 3.05) is 6.61 Å². The quantitative estimate of drug-likeness (QED) is 0.450. The summed E-state index contributed by atoms with van der Waals surface area (Å²) in [6.07, 6.45) is 0. The first-order chi connectivity index (χ1) is 4.22. The van der Waals surface area contributed by atoms with Crippen molar-refractivity contribution in [3.05, 3.63) is 0 Å². The number of esters is 1. The van der Waals surface area contributed by atoms with E-state index in [-0.39, 0.29) is 6.61 Å². The maximum Gasteiger partial charge on any atom is 0.325 e. The van der Waals surface area contributed by atoms with Gasteiger partial charge in [-0.15, -0.1) is 10.0 Å². The zero-order valence-electron chi connectivity index (χ0n) is 5.48. The zero-order valence-corrected chi connectivity index (χ0v) is 5.48. The van der Waals surface area contributed by atoms with Gasteiger partial charge in [0.15, 0.2) is 0 Å². The lowest BCUT2D eigenvalue weighted by Gasteiger charge is -2.04. The minimum atomic E-state index is -0.857. The van der Waals surface area contributed by atoms with E-state index >= 15 is 0 Å². The van der Waals surface area contributed by atoms with E-state index < -0.39 is 12.0 Å². The van der Waals surface area contributed by atoms with Crippen molar-refractivity contribution in [2.24, 2.45) is 0 Å². The van der Waals surface area contributed by atoms with Crippen molar-refractivity contribution in [3.63, 3.8) is 0 Å². The van der Waals surface area contributed by atoms with Gasteiger partial charge in [0.1, 0.15) is 6.04 Å². The molecular formula is C5H10FNO2. The second-order valence-corrected chi connectivity index (χ2v) is 1.58. The number of carbonyl (C=O) groups excluding carboxylic acids is 1. The number of halogens is 1. The highest BCUT2D eigenvalue weighted by Crippen LogP contribution is 1.86. The summed E-state index contributed by atoms with van der Waals surface area (Å²) in [5.41, 5.74) is 1.27. The van der Waals surface area contributed by atoms with Crippen LogP contribution in [0.5, 0.6) is 0 Å². The summed E-state index contributed by atoms with van der Waals surface area (Å²) in [6.45, 7) is 3.34. The summed E-state index contributed by atoms with van der Waals surface area (Å²) in [7, 11) is 0. The lowest BCUT2D eigenvalue weighted by molar-refractivity contribution is -0.146. The Morgan fingerprint density at radius 3 is 2.78 bits per heavy atom. The molecule has 0 saturated carbocycles. The Kier molecular flexibility index (Phi) is 3.96. The molecule has 0 aliphatic carbocycles. The molecule has 0 heterocycles. The van der Waals surface area contributed by atoms with E-state index in [0.29, 0.717) is 0 Å². The average Bonchev–Trinajstić information content (AvgIpc) is 1.87. The van der Waals surface area contributed by atoms with Crippen molar-refractivity contribution < 1.29 is 14.0 Å². The second-order valence-electron chi connectivity index (χ2n) is 1.58. The highest BCUT2D eigenvalue weighted by Gasteiger charge is 2.11. The first-order valence-electron chi connectivity index (χ1n) is 2.75. The molecule has 9 heavy (non-hydrogen) atoms. The van der Waals surface area contributed by atoms with Gasteiger partial charge in [0.25, 0.3) is 0 Å². The molecule has 4 heteroatoms. The van der Waals surface area contributed by atoms with Crippen LogP contribution < -0.4 is 5.54 Å². The van der Waals surface area contributed by atoms with Crippen LogP contribution in [0.4, 0.5) is 4.48 Å². The summed E-state index contributed by atoms with van der Waals surface area (Å²) in [4.78, 5) is 10.4. The van der Waals surface area contributed by atoms with Gasteiger partial charge in [-0.1, -0.05) is 0 Å². The molecule has 0 rings (SSSR count). The molecule has 0 spiro atoms. The molecule has 0 aliphatic rings. The van der Waals surface area contributed by atoms with Gasteiger partial charge in [-0.25, -0.2) is 0 Å². The summed E-state index contributed by atoms with van der Waals surface area (Å²) >= 11 is 0. The van der Waals surface area contributed by atoms with Gasteiger partial charge < -0.3 is 4.74 Å². The van der Waals surface area contributed by atoms with E-state index in [1.807, 2.05) is 0 Å². The summed E-state index contributed by atoms with van der Waals surface area (Å²) in [6, 6.07) is -0.857. The highest BCUT2D eigenvalue weighted by atomic mass is 19.2. The number of hydrogen-bond donors (Lipinski definition) is 1. The van der Waals surface area contributed by atoms with Crippen LogP contribution in [0.2, 0.25) is 0 Å². The van der Waals surface area contributed by atoms with Crippen molar-refractivity contribution >= 4 is 5.97 Å². The van der Waals surface area contributed by atoms with Gasteiger partial charge >= 0.3 is 5.97 Å². The Morgan fingerprint density at radius 2 is 2.44 bits per heavy atom. The molecule has 0 amide bonds. The monoisotopic (exact) mass is 135 g/mol. The average molecular weight is 135 g/mol.